The highest BCUT2D eigenvalue weighted by atomic mass is 19.1. The van der Waals surface area contributed by atoms with Crippen LogP contribution in [-0.4, -0.2) is 79.2 Å². The first-order valence-corrected chi connectivity index (χ1v) is 12.1. The normalized spacial score (nSPS) is 19.3. The maximum Gasteiger partial charge on any atom is 0.410 e. The third-order valence-corrected chi connectivity index (χ3v) is 6.37. The monoisotopic (exact) mass is 494 g/mol. The lowest BCUT2D eigenvalue weighted by molar-refractivity contribution is 0.00415. The number of nitrogens with zero attached hydrogens (tertiary/aromatic N) is 4. The number of rotatable bonds is 6. The Kier molecular flexibility index (Phi) is 7.92. The van der Waals surface area contributed by atoms with Crippen LogP contribution in [0.2, 0.25) is 0 Å². The highest BCUT2D eigenvalue weighted by molar-refractivity contribution is 5.86. The zero-order valence-electron chi connectivity index (χ0n) is 20.2. The largest absolute Gasteiger partial charge is 0.448 e. The lowest BCUT2D eigenvalue weighted by atomic mass is 10.1. The van der Waals surface area contributed by atoms with Gasteiger partial charge in [0.1, 0.15) is 24.3 Å². The van der Waals surface area contributed by atoms with Crippen molar-refractivity contribution in [3.8, 4) is 0 Å². The average molecular weight is 495 g/mol. The topological polar surface area (TPSA) is 83.9 Å². The Bertz CT molecular complexity index is 955. The molecule has 11 heteroatoms. The number of ether oxygens (including phenoxy) is 2. The van der Waals surface area contributed by atoms with Gasteiger partial charge in [-0.2, -0.15) is 0 Å². The quantitative estimate of drug-likeness (QED) is 0.558. The first-order valence-electron chi connectivity index (χ1n) is 12.1. The molecule has 1 aromatic rings. The van der Waals surface area contributed by atoms with E-state index in [2.05, 4.69) is 5.16 Å². The van der Waals surface area contributed by atoms with E-state index in [1.807, 2.05) is 13.8 Å². The second-order valence-electron chi connectivity index (χ2n) is 9.30. The van der Waals surface area contributed by atoms with Crippen molar-refractivity contribution in [3.05, 3.63) is 29.3 Å². The number of cyclic esters (lactones) is 1. The maximum absolute atomic E-state index is 14.8. The molecule has 0 N–H and O–H groups in total. The minimum absolute atomic E-state index is 0.0200. The van der Waals surface area contributed by atoms with Crippen LogP contribution in [0.3, 0.4) is 0 Å². The van der Waals surface area contributed by atoms with Crippen LogP contribution in [0.1, 0.15) is 45.1 Å². The molecule has 192 valence electrons. The van der Waals surface area contributed by atoms with E-state index in [-0.39, 0.29) is 42.7 Å². The molecule has 3 aliphatic heterocycles. The van der Waals surface area contributed by atoms with Crippen LogP contribution in [0.4, 0.5) is 24.1 Å². The molecular formula is C24H32F2N4O5. The molecule has 4 rings (SSSR count). The first kappa shape index (κ1) is 25.0. The Morgan fingerprint density at radius 1 is 1.11 bits per heavy atom. The Hall–Kier alpha value is -3.11. The summed E-state index contributed by atoms with van der Waals surface area (Å²) >= 11 is 0. The molecule has 1 aromatic carbocycles. The summed E-state index contributed by atoms with van der Waals surface area (Å²) in [5.74, 6) is -1.07. The summed E-state index contributed by atoms with van der Waals surface area (Å²) < 4.78 is 39.5. The van der Waals surface area contributed by atoms with Gasteiger partial charge in [0.2, 0.25) is 0 Å². The van der Waals surface area contributed by atoms with Gasteiger partial charge in [0.15, 0.2) is 0 Å². The van der Waals surface area contributed by atoms with Crippen LogP contribution in [0.5, 0.6) is 0 Å². The van der Waals surface area contributed by atoms with Crippen molar-refractivity contribution in [2.45, 2.75) is 58.3 Å². The number of piperidine rings is 2. The van der Waals surface area contributed by atoms with Crippen molar-refractivity contribution in [1.29, 1.82) is 0 Å². The molecule has 0 atom stereocenters. The SMILES string of the molecule is CC(C)OC(=O)N1CCC(ON=C2CCN(c3cc(F)c(CN4CCOC4=O)cc3F)CC2)CC1. The second kappa shape index (κ2) is 11.1. The Morgan fingerprint density at radius 3 is 2.46 bits per heavy atom. The molecule has 3 aliphatic rings. The standard InChI is InChI=1S/C24H32F2N4O5/c1-16(2)34-24(32)29-9-5-19(6-10-29)35-27-18-3-7-28(8-4-18)22-14-20(25)17(13-21(22)26)15-30-11-12-33-23(30)31/h13-14,16,19H,3-12,15H2,1-2H3. The third kappa shape index (κ3) is 6.32. The van der Waals surface area contributed by atoms with Crippen molar-refractivity contribution < 1.29 is 32.7 Å². The van der Waals surface area contributed by atoms with E-state index in [9.17, 15) is 18.4 Å². The van der Waals surface area contributed by atoms with Crippen molar-refractivity contribution >= 4 is 23.6 Å². The third-order valence-electron chi connectivity index (χ3n) is 6.37. The number of likely N-dealkylation sites (tertiary alicyclic amines) is 1. The molecule has 0 bridgehead atoms. The number of oxime groups is 1. The van der Waals surface area contributed by atoms with Crippen molar-refractivity contribution in [2.24, 2.45) is 5.16 Å². The van der Waals surface area contributed by atoms with Gasteiger partial charge in [0.25, 0.3) is 0 Å². The average Bonchev–Trinajstić information content (AvgIpc) is 3.24. The first-order chi connectivity index (χ1) is 16.8. The minimum atomic E-state index is -0.549. The number of benzene rings is 1. The van der Waals surface area contributed by atoms with Crippen LogP contribution in [0.15, 0.2) is 17.3 Å². The molecular weight excluding hydrogens is 462 g/mol. The van der Waals surface area contributed by atoms with Crippen LogP contribution in [-0.2, 0) is 20.9 Å². The molecule has 35 heavy (non-hydrogen) atoms. The minimum Gasteiger partial charge on any atom is -0.448 e. The summed E-state index contributed by atoms with van der Waals surface area (Å²) in [6.07, 6.45) is 1.52. The predicted molar refractivity (Wildman–Crippen MR) is 124 cm³/mol. The van der Waals surface area contributed by atoms with Gasteiger partial charge in [0.05, 0.1) is 30.6 Å². The lowest BCUT2D eigenvalue weighted by Gasteiger charge is -2.32. The number of carbonyl (C=O) groups excluding carboxylic acids is 2. The molecule has 0 unspecified atom stereocenters. The maximum atomic E-state index is 14.8. The van der Waals surface area contributed by atoms with E-state index in [1.165, 1.54) is 11.0 Å². The molecule has 9 nitrogen and oxygen atoms in total. The lowest BCUT2D eigenvalue weighted by Crippen LogP contribution is -2.41. The summed E-state index contributed by atoms with van der Waals surface area (Å²) in [5, 5.41) is 4.31. The zero-order valence-corrected chi connectivity index (χ0v) is 20.2. The van der Waals surface area contributed by atoms with E-state index in [0.717, 1.165) is 11.8 Å². The van der Waals surface area contributed by atoms with E-state index in [1.54, 1.807) is 9.80 Å². The van der Waals surface area contributed by atoms with Gasteiger partial charge in [-0.1, -0.05) is 5.16 Å². The van der Waals surface area contributed by atoms with Crippen LogP contribution in [0, 0.1) is 11.6 Å². The van der Waals surface area contributed by atoms with Crippen molar-refractivity contribution in [2.75, 3.05) is 44.2 Å². The smallest absolute Gasteiger partial charge is 0.410 e. The highest BCUT2D eigenvalue weighted by Gasteiger charge is 2.27. The second-order valence-corrected chi connectivity index (χ2v) is 9.30. The Labute approximate surface area is 203 Å². The van der Waals surface area contributed by atoms with Crippen molar-refractivity contribution in [1.82, 2.24) is 9.80 Å². The van der Waals surface area contributed by atoms with E-state index in [4.69, 9.17) is 14.3 Å². The highest BCUT2D eigenvalue weighted by Crippen LogP contribution is 2.27. The molecule has 3 fully saturated rings. The van der Waals surface area contributed by atoms with Crippen LogP contribution < -0.4 is 4.90 Å². The summed E-state index contributed by atoms with van der Waals surface area (Å²) in [6.45, 7) is 6.37. The van der Waals surface area contributed by atoms with Gasteiger partial charge in [0, 0.05) is 63.5 Å². The Balaban J connectivity index is 1.25. The van der Waals surface area contributed by atoms with E-state index in [0.29, 0.717) is 58.4 Å². The molecule has 0 aliphatic carbocycles. The van der Waals surface area contributed by atoms with E-state index < -0.39 is 17.7 Å². The number of anilines is 1. The molecule has 0 spiro atoms. The fraction of sp³-hybridized carbons (Fsp3) is 0.625. The number of halogens is 2. The van der Waals surface area contributed by atoms with Gasteiger partial charge in [-0.3, -0.25) is 0 Å². The summed E-state index contributed by atoms with van der Waals surface area (Å²) in [7, 11) is 0. The fourth-order valence-electron chi connectivity index (χ4n) is 4.38. The van der Waals surface area contributed by atoms with Gasteiger partial charge in [-0.05, 0) is 19.9 Å². The molecule has 0 radical (unpaired) electrons. The van der Waals surface area contributed by atoms with Crippen LogP contribution >= 0.6 is 0 Å². The molecule has 0 aromatic heterocycles. The van der Waals surface area contributed by atoms with Gasteiger partial charge >= 0.3 is 12.2 Å². The summed E-state index contributed by atoms with van der Waals surface area (Å²) in [4.78, 5) is 34.1. The van der Waals surface area contributed by atoms with Crippen LogP contribution in [0.25, 0.3) is 0 Å². The van der Waals surface area contributed by atoms with Crippen molar-refractivity contribution in [3.63, 3.8) is 0 Å². The molecule has 3 heterocycles. The van der Waals surface area contributed by atoms with Gasteiger partial charge in [-0.25, -0.2) is 18.4 Å². The number of amides is 2. The number of carbonyl (C=O) groups is 2. The predicted octanol–water partition coefficient (Wildman–Crippen LogP) is 3.90. The van der Waals surface area contributed by atoms with E-state index >= 15 is 0 Å². The summed E-state index contributed by atoms with van der Waals surface area (Å²) in [5.41, 5.74) is 1.21. The van der Waals surface area contributed by atoms with Gasteiger partial charge < -0.3 is 29.0 Å². The Morgan fingerprint density at radius 2 is 1.83 bits per heavy atom. The zero-order chi connectivity index (χ0) is 24.9. The van der Waals surface area contributed by atoms with Gasteiger partial charge in [-0.15, -0.1) is 0 Å². The molecule has 0 saturated carbocycles. The fourth-order valence-corrected chi connectivity index (χ4v) is 4.38. The molecule has 3 saturated heterocycles. The number of hydrogen-bond donors (Lipinski definition) is 0. The summed E-state index contributed by atoms with van der Waals surface area (Å²) in [6, 6.07) is 2.36. The molecule has 2 amide bonds. The number of hydrogen-bond acceptors (Lipinski definition) is 7.